The van der Waals surface area contributed by atoms with E-state index >= 15 is 0 Å². The number of rotatable bonds is 5. The molecule has 2 rings (SSSR count). The van der Waals surface area contributed by atoms with Crippen molar-refractivity contribution in [3.05, 3.63) is 18.2 Å². The highest BCUT2D eigenvalue weighted by atomic mass is 32.2. The molecule has 1 atom stereocenters. The van der Waals surface area contributed by atoms with Crippen LogP contribution in [0.4, 0.5) is 0 Å². The number of ether oxygens (including phenoxy) is 2. The normalized spacial score (nSPS) is 16.2. The number of benzene rings is 1. The van der Waals surface area contributed by atoms with Crippen LogP contribution in [0.3, 0.4) is 0 Å². The summed E-state index contributed by atoms with van der Waals surface area (Å²) in [5.41, 5.74) is 5.66. The molecule has 1 heterocycles. The Morgan fingerprint density at radius 1 is 1.30 bits per heavy atom. The highest BCUT2D eigenvalue weighted by Crippen LogP contribution is 2.32. The number of hydrogen-bond acceptors (Lipinski definition) is 5. The van der Waals surface area contributed by atoms with Crippen LogP contribution in [0.1, 0.15) is 13.3 Å². The van der Waals surface area contributed by atoms with E-state index in [1.165, 1.54) is 16.4 Å². The predicted molar refractivity (Wildman–Crippen MR) is 75.5 cm³/mol. The SMILES string of the molecule is CC(N)CCN(C)S(=O)(=O)c1ccc2c(c1)OCCO2. The summed E-state index contributed by atoms with van der Waals surface area (Å²) < 4.78 is 36.9. The fourth-order valence-electron chi connectivity index (χ4n) is 1.87. The Kier molecular flexibility index (Phi) is 4.52. The molecule has 2 N–H and O–H groups in total. The summed E-state index contributed by atoms with van der Waals surface area (Å²) in [6.07, 6.45) is 0.611. The molecule has 1 aliphatic heterocycles. The van der Waals surface area contributed by atoms with Crippen LogP contribution >= 0.6 is 0 Å². The quantitative estimate of drug-likeness (QED) is 0.870. The fraction of sp³-hybridized carbons (Fsp3) is 0.538. The molecule has 112 valence electrons. The van der Waals surface area contributed by atoms with Crippen molar-refractivity contribution in [1.82, 2.24) is 4.31 Å². The van der Waals surface area contributed by atoms with Gasteiger partial charge >= 0.3 is 0 Å². The molecule has 0 aromatic heterocycles. The fourth-order valence-corrected chi connectivity index (χ4v) is 3.07. The van der Waals surface area contributed by atoms with E-state index < -0.39 is 10.0 Å². The molecule has 7 heteroatoms. The number of fused-ring (bicyclic) bond motifs is 1. The van der Waals surface area contributed by atoms with E-state index in [9.17, 15) is 8.42 Å². The Balaban J connectivity index is 2.20. The number of nitrogens with zero attached hydrogens (tertiary/aromatic N) is 1. The van der Waals surface area contributed by atoms with Gasteiger partial charge in [-0.3, -0.25) is 0 Å². The summed E-state index contributed by atoms with van der Waals surface area (Å²) in [4.78, 5) is 0.203. The lowest BCUT2D eigenvalue weighted by Crippen LogP contribution is -2.31. The third-order valence-electron chi connectivity index (χ3n) is 3.12. The summed E-state index contributed by atoms with van der Waals surface area (Å²) in [7, 11) is -1.98. The van der Waals surface area contributed by atoms with E-state index in [1.807, 2.05) is 6.92 Å². The lowest BCUT2D eigenvalue weighted by molar-refractivity contribution is 0.171. The molecule has 1 aliphatic rings. The third kappa shape index (κ3) is 3.23. The minimum atomic E-state index is -3.53. The minimum Gasteiger partial charge on any atom is -0.486 e. The molecule has 0 bridgehead atoms. The molecule has 0 amide bonds. The summed E-state index contributed by atoms with van der Waals surface area (Å²) in [6.45, 7) is 3.14. The van der Waals surface area contributed by atoms with E-state index in [4.69, 9.17) is 15.2 Å². The Morgan fingerprint density at radius 2 is 1.95 bits per heavy atom. The Morgan fingerprint density at radius 3 is 2.60 bits per heavy atom. The molecule has 6 nitrogen and oxygen atoms in total. The van der Waals surface area contributed by atoms with Gasteiger partial charge in [-0.15, -0.1) is 0 Å². The van der Waals surface area contributed by atoms with Crippen molar-refractivity contribution in [2.75, 3.05) is 26.8 Å². The van der Waals surface area contributed by atoms with Crippen molar-refractivity contribution in [3.63, 3.8) is 0 Å². The molecule has 0 saturated carbocycles. The average molecular weight is 300 g/mol. The van der Waals surface area contributed by atoms with Gasteiger partial charge in [0.25, 0.3) is 0 Å². The van der Waals surface area contributed by atoms with Crippen LogP contribution in [0.2, 0.25) is 0 Å². The van der Waals surface area contributed by atoms with E-state index in [2.05, 4.69) is 0 Å². The van der Waals surface area contributed by atoms with Gasteiger partial charge in [0.2, 0.25) is 10.0 Å². The van der Waals surface area contributed by atoms with Gasteiger partial charge in [0.05, 0.1) is 4.90 Å². The maximum absolute atomic E-state index is 12.4. The average Bonchev–Trinajstić information content (AvgIpc) is 2.44. The summed E-state index contributed by atoms with van der Waals surface area (Å²) in [5, 5.41) is 0. The van der Waals surface area contributed by atoms with Gasteiger partial charge in [0, 0.05) is 25.7 Å². The predicted octanol–water partition coefficient (Wildman–Crippen LogP) is 0.816. The van der Waals surface area contributed by atoms with Crippen molar-refractivity contribution in [1.29, 1.82) is 0 Å². The maximum Gasteiger partial charge on any atom is 0.242 e. The first-order valence-corrected chi connectivity index (χ1v) is 7.97. The van der Waals surface area contributed by atoms with E-state index in [-0.39, 0.29) is 10.9 Å². The van der Waals surface area contributed by atoms with Gasteiger partial charge in [-0.2, -0.15) is 0 Å². The number of hydrogen-bond donors (Lipinski definition) is 1. The Bertz CT molecular complexity index is 572. The van der Waals surface area contributed by atoms with E-state index in [1.54, 1.807) is 13.1 Å². The van der Waals surface area contributed by atoms with Gasteiger partial charge in [-0.1, -0.05) is 0 Å². The zero-order valence-electron chi connectivity index (χ0n) is 11.7. The molecule has 1 unspecified atom stereocenters. The van der Waals surface area contributed by atoms with Crippen LogP contribution in [0.15, 0.2) is 23.1 Å². The van der Waals surface area contributed by atoms with Gasteiger partial charge < -0.3 is 15.2 Å². The highest BCUT2D eigenvalue weighted by molar-refractivity contribution is 7.89. The molecular formula is C13H20N2O4S. The molecule has 0 aliphatic carbocycles. The van der Waals surface area contributed by atoms with Crippen LogP contribution in [0.25, 0.3) is 0 Å². The topological polar surface area (TPSA) is 81.9 Å². The smallest absolute Gasteiger partial charge is 0.242 e. The van der Waals surface area contributed by atoms with Crippen molar-refractivity contribution in [2.24, 2.45) is 5.73 Å². The minimum absolute atomic E-state index is 0.0343. The second kappa shape index (κ2) is 5.99. The third-order valence-corrected chi connectivity index (χ3v) is 4.97. The molecule has 1 aromatic rings. The van der Waals surface area contributed by atoms with Crippen molar-refractivity contribution < 1.29 is 17.9 Å². The molecule has 20 heavy (non-hydrogen) atoms. The number of sulfonamides is 1. The van der Waals surface area contributed by atoms with Gasteiger partial charge in [-0.05, 0) is 25.5 Å². The summed E-state index contributed by atoms with van der Waals surface area (Å²) >= 11 is 0. The zero-order chi connectivity index (χ0) is 14.8. The van der Waals surface area contributed by atoms with Crippen LogP contribution in [-0.2, 0) is 10.0 Å². The first-order valence-electron chi connectivity index (χ1n) is 6.53. The van der Waals surface area contributed by atoms with Crippen molar-refractivity contribution in [3.8, 4) is 11.5 Å². The van der Waals surface area contributed by atoms with E-state index in [0.29, 0.717) is 37.7 Å². The monoisotopic (exact) mass is 300 g/mol. The number of nitrogens with two attached hydrogens (primary N) is 1. The first kappa shape index (κ1) is 15.1. The van der Waals surface area contributed by atoms with Crippen LogP contribution in [0, 0.1) is 0 Å². The van der Waals surface area contributed by atoms with Gasteiger partial charge in [-0.25, -0.2) is 12.7 Å². The summed E-state index contributed by atoms with van der Waals surface area (Å²) in [5.74, 6) is 1.05. The molecule has 0 saturated heterocycles. The largest absolute Gasteiger partial charge is 0.486 e. The van der Waals surface area contributed by atoms with Gasteiger partial charge in [0.1, 0.15) is 13.2 Å². The van der Waals surface area contributed by atoms with E-state index in [0.717, 1.165) is 0 Å². The van der Waals surface area contributed by atoms with Crippen LogP contribution in [-0.4, -0.2) is 45.6 Å². The molecule has 1 aromatic carbocycles. The molecular weight excluding hydrogens is 280 g/mol. The maximum atomic E-state index is 12.4. The summed E-state index contributed by atoms with van der Waals surface area (Å²) in [6, 6.07) is 4.63. The molecule has 0 fully saturated rings. The lowest BCUT2D eigenvalue weighted by atomic mass is 10.2. The Hall–Kier alpha value is -1.31. The lowest BCUT2D eigenvalue weighted by Gasteiger charge is -2.21. The second-order valence-electron chi connectivity index (χ2n) is 4.90. The highest BCUT2D eigenvalue weighted by Gasteiger charge is 2.23. The van der Waals surface area contributed by atoms with Gasteiger partial charge in [0.15, 0.2) is 11.5 Å². The zero-order valence-corrected chi connectivity index (χ0v) is 12.5. The second-order valence-corrected chi connectivity index (χ2v) is 6.94. The van der Waals surface area contributed by atoms with Crippen molar-refractivity contribution in [2.45, 2.75) is 24.3 Å². The molecule has 0 spiro atoms. The Labute approximate surface area is 119 Å². The van der Waals surface area contributed by atoms with Crippen LogP contribution < -0.4 is 15.2 Å². The first-order chi connectivity index (χ1) is 9.41. The standard InChI is InChI=1S/C13H20N2O4S/c1-10(14)5-6-15(2)20(16,17)11-3-4-12-13(9-11)19-8-7-18-12/h3-4,9-10H,5-8,14H2,1-2H3. The molecule has 0 radical (unpaired) electrons. The van der Waals surface area contributed by atoms with Crippen LogP contribution in [0.5, 0.6) is 11.5 Å². The van der Waals surface area contributed by atoms with Crippen molar-refractivity contribution >= 4 is 10.0 Å².